The van der Waals surface area contributed by atoms with Gasteiger partial charge in [-0.3, -0.25) is 4.79 Å². The van der Waals surface area contributed by atoms with Crippen molar-refractivity contribution in [1.82, 2.24) is 4.90 Å². The Labute approximate surface area is 145 Å². The van der Waals surface area contributed by atoms with E-state index in [1.54, 1.807) is 12.0 Å². The Balaban J connectivity index is 1.65. The number of ether oxygens (including phenoxy) is 2. The molecule has 2 aromatic rings. The lowest BCUT2D eigenvalue weighted by Gasteiger charge is -2.33. The first-order chi connectivity index (χ1) is 12.1. The van der Waals surface area contributed by atoms with Crippen molar-refractivity contribution in [3.63, 3.8) is 0 Å². The van der Waals surface area contributed by atoms with Crippen LogP contribution in [0.15, 0.2) is 42.5 Å². The van der Waals surface area contributed by atoms with Crippen molar-refractivity contribution in [3.05, 3.63) is 65.2 Å². The van der Waals surface area contributed by atoms with E-state index in [0.717, 1.165) is 23.4 Å². The predicted molar refractivity (Wildman–Crippen MR) is 88.3 cm³/mol. The molecule has 0 aliphatic carbocycles. The second kappa shape index (κ2) is 7.61. The van der Waals surface area contributed by atoms with Crippen molar-refractivity contribution in [2.45, 2.75) is 12.5 Å². The van der Waals surface area contributed by atoms with Crippen molar-refractivity contribution in [2.24, 2.45) is 0 Å². The zero-order valence-electron chi connectivity index (χ0n) is 13.9. The molecule has 1 aliphatic rings. The Morgan fingerprint density at radius 1 is 1.20 bits per heavy atom. The lowest BCUT2D eigenvalue weighted by atomic mass is 10.1. The second-order valence-corrected chi connectivity index (χ2v) is 5.90. The maximum absolute atomic E-state index is 13.4. The van der Waals surface area contributed by atoms with Gasteiger partial charge in [-0.25, -0.2) is 8.78 Å². The highest BCUT2D eigenvalue weighted by Crippen LogP contribution is 2.24. The van der Waals surface area contributed by atoms with Crippen molar-refractivity contribution in [3.8, 4) is 5.75 Å². The van der Waals surface area contributed by atoms with Crippen molar-refractivity contribution < 1.29 is 23.0 Å². The molecule has 4 nitrogen and oxygen atoms in total. The normalized spacial score (nSPS) is 17.4. The van der Waals surface area contributed by atoms with Crippen LogP contribution in [0.4, 0.5) is 8.78 Å². The molecule has 132 valence electrons. The SMILES string of the molecule is COc1ccc(CC(=O)N2CCOC(c3ccc(F)c(F)c3)C2)cc1. The molecule has 2 aromatic carbocycles. The van der Waals surface area contributed by atoms with Crippen LogP contribution in [-0.2, 0) is 16.0 Å². The van der Waals surface area contributed by atoms with Crippen LogP contribution in [0.1, 0.15) is 17.2 Å². The summed E-state index contributed by atoms with van der Waals surface area (Å²) in [4.78, 5) is 14.2. The highest BCUT2D eigenvalue weighted by atomic mass is 19.2. The molecule has 0 aromatic heterocycles. The minimum absolute atomic E-state index is 0.0268. The van der Waals surface area contributed by atoms with Gasteiger partial charge in [0.1, 0.15) is 11.9 Å². The molecule has 1 fully saturated rings. The molecule has 1 saturated heterocycles. The van der Waals surface area contributed by atoms with Crippen LogP contribution >= 0.6 is 0 Å². The number of hydrogen-bond acceptors (Lipinski definition) is 3. The first kappa shape index (κ1) is 17.4. The molecule has 1 heterocycles. The molecule has 0 bridgehead atoms. The first-order valence-corrected chi connectivity index (χ1v) is 8.04. The largest absolute Gasteiger partial charge is 0.497 e. The maximum atomic E-state index is 13.4. The summed E-state index contributed by atoms with van der Waals surface area (Å²) in [7, 11) is 1.59. The molecular formula is C19H19F2NO3. The van der Waals surface area contributed by atoms with Gasteiger partial charge in [-0.15, -0.1) is 0 Å². The van der Waals surface area contributed by atoms with E-state index in [4.69, 9.17) is 9.47 Å². The fraction of sp³-hybridized carbons (Fsp3) is 0.316. The average Bonchev–Trinajstić information content (AvgIpc) is 2.64. The smallest absolute Gasteiger partial charge is 0.227 e. The van der Waals surface area contributed by atoms with E-state index in [9.17, 15) is 13.6 Å². The van der Waals surface area contributed by atoms with Gasteiger partial charge in [0.2, 0.25) is 5.91 Å². The zero-order valence-corrected chi connectivity index (χ0v) is 13.9. The fourth-order valence-electron chi connectivity index (χ4n) is 2.82. The van der Waals surface area contributed by atoms with Gasteiger partial charge in [0.05, 0.1) is 26.7 Å². The molecule has 3 rings (SSSR count). The molecule has 1 amide bonds. The number of amides is 1. The Kier molecular flexibility index (Phi) is 5.28. The standard InChI is InChI=1S/C19H19F2NO3/c1-24-15-5-2-13(3-6-15)10-19(23)22-8-9-25-18(12-22)14-4-7-16(20)17(21)11-14/h2-7,11,18H,8-10,12H2,1H3. The summed E-state index contributed by atoms with van der Waals surface area (Å²) >= 11 is 0. The number of rotatable bonds is 4. The number of nitrogens with zero attached hydrogens (tertiary/aromatic N) is 1. The molecule has 6 heteroatoms. The van der Waals surface area contributed by atoms with E-state index in [-0.39, 0.29) is 12.3 Å². The highest BCUT2D eigenvalue weighted by molar-refractivity contribution is 5.79. The van der Waals surface area contributed by atoms with Gasteiger partial charge in [0, 0.05) is 6.54 Å². The maximum Gasteiger partial charge on any atom is 0.227 e. The number of morpholine rings is 1. The second-order valence-electron chi connectivity index (χ2n) is 5.90. The molecule has 1 unspecified atom stereocenters. The zero-order chi connectivity index (χ0) is 17.8. The van der Waals surface area contributed by atoms with Gasteiger partial charge in [-0.2, -0.15) is 0 Å². The molecule has 0 radical (unpaired) electrons. The van der Waals surface area contributed by atoms with Gasteiger partial charge in [-0.1, -0.05) is 18.2 Å². The third-order valence-corrected chi connectivity index (χ3v) is 4.25. The molecule has 1 atom stereocenters. The van der Waals surface area contributed by atoms with Gasteiger partial charge < -0.3 is 14.4 Å². The van der Waals surface area contributed by atoms with E-state index in [1.165, 1.54) is 6.07 Å². The summed E-state index contributed by atoms with van der Waals surface area (Å²) in [6, 6.07) is 11.0. The van der Waals surface area contributed by atoms with Crippen LogP contribution in [0, 0.1) is 11.6 Å². The van der Waals surface area contributed by atoms with E-state index in [2.05, 4.69) is 0 Å². The van der Waals surface area contributed by atoms with Crippen LogP contribution in [0.25, 0.3) is 0 Å². The minimum Gasteiger partial charge on any atom is -0.497 e. The van der Waals surface area contributed by atoms with Crippen molar-refractivity contribution in [2.75, 3.05) is 26.8 Å². The van der Waals surface area contributed by atoms with E-state index < -0.39 is 17.7 Å². The van der Waals surface area contributed by atoms with Crippen LogP contribution in [0.3, 0.4) is 0 Å². The van der Waals surface area contributed by atoms with Gasteiger partial charge in [0.25, 0.3) is 0 Å². The summed E-state index contributed by atoms with van der Waals surface area (Å²) in [5, 5.41) is 0. The van der Waals surface area contributed by atoms with Gasteiger partial charge in [-0.05, 0) is 35.4 Å². The van der Waals surface area contributed by atoms with E-state index in [1.807, 2.05) is 24.3 Å². The number of methoxy groups -OCH3 is 1. The summed E-state index contributed by atoms with van der Waals surface area (Å²) in [6.07, 6.45) is -0.183. The van der Waals surface area contributed by atoms with E-state index in [0.29, 0.717) is 25.3 Å². The first-order valence-electron chi connectivity index (χ1n) is 8.04. The Morgan fingerprint density at radius 2 is 1.96 bits per heavy atom. The molecular weight excluding hydrogens is 328 g/mol. The lowest BCUT2D eigenvalue weighted by molar-refractivity contribution is -0.138. The summed E-state index contributed by atoms with van der Waals surface area (Å²) in [5.41, 5.74) is 1.42. The average molecular weight is 347 g/mol. The Hall–Kier alpha value is -2.47. The number of carbonyl (C=O) groups is 1. The number of benzene rings is 2. The van der Waals surface area contributed by atoms with Gasteiger partial charge in [0.15, 0.2) is 11.6 Å². The van der Waals surface area contributed by atoms with Crippen LogP contribution < -0.4 is 4.74 Å². The summed E-state index contributed by atoms with van der Waals surface area (Å²) < 4.78 is 37.2. The molecule has 0 spiro atoms. The Bertz CT molecular complexity index is 749. The quantitative estimate of drug-likeness (QED) is 0.853. The monoisotopic (exact) mass is 347 g/mol. The van der Waals surface area contributed by atoms with Gasteiger partial charge >= 0.3 is 0 Å². The number of halogens is 2. The lowest BCUT2D eigenvalue weighted by Crippen LogP contribution is -2.43. The number of hydrogen-bond donors (Lipinski definition) is 0. The van der Waals surface area contributed by atoms with Crippen molar-refractivity contribution >= 4 is 5.91 Å². The van der Waals surface area contributed by atoms with E-state index >= 15 is 0 Å². The molecule has 0 saturated carbocycles. The minimum atomic E-state index is -0.914. The predicted octanol–water partition coefficient (Wildman–Crippen LogP) is 3.12. The van der Waals surface area contributed by atoms with Crippen LogP contribution in [0.2, 0.25) is 0 Å². The molecule has 25 heavy (non-hydrogen) atoms. The topological polar surface area (TPSA) is 38.8 Å². The fourth-order valence-corrected chi connectivity index (χ4v) is 2.82. The third-order valence-electron chi connectivity index (χ3n) is 4.25. The highest BCUT2D eigenvalue weighted by Gasteiger charge is 2.26. The molecule has 1 aliphatic heterocycles. The van der Waals surface area contributed by atoms with Crippen LogP contribution in [-0.4, -0.2) is 37.6 Å². The Morgan fingerprint density at radius 3 is 2.64 bits per heavy atom. The van der Waals surface area contributed by atoms with Crippen LogP contribution in [0.5, 0.6) is 5.75 Å². The van der Waals surface area contributed by atoms with Crippen molar-refractivity contribution in [1.29, 1.82) is 0 Å². The third kappa shape index (κ3) is 4.14. The molecule has 0 N–H and O–H groups in total. The summed E-state index contributed by atoms with van der Waals surface area (Å²) in [6.45, 7) is 1.16. The number of carbonyl (C=O) groups excluding carboxylic acids is 1. The summed E-state index contributed by atoms with van der Waals surface area (Å²) in [5.74, 6) is -1.10.